The van der Waals surface area contributed by atoms with E-state index in [1.54, 1.807) is 24.3 Å². The molecule has 0 fully saturated rings. The summed E-state index contributed by atoms with van der Waals surface area (Å²) in [7, 11) is 0. The van der Waals surface area contributed by atoms with Gasteiger partial charge in [0.15, 0.2) is 6.61 Å². The Morgan fingerprint density at radius 2 is 1.85 bits per heavy atom. The molecular weight excluding hydrogens is 350 g/mol. The van der Waals surface area contributed by atoms with Gasteiger partial charge in [-0.3, -0.25) is 4.79 Å². The van der Waals surface area contributed by atoms with Crippen LogP contribution in [-0.4, -0.2) is 18.5 Å². The van der Waals surface area contributed by atoms with Gasteiger partial charge in [0, 0.05) is 16.8 Å². The van der Waals surface area contributed by atoms with Crippen molar-refractivity contribution in [1.82, 2.24) is 0 Å². The first-order valence-corrected chi connectivity index (χ1v) is 8.86. The summed E-state index contributed by atoms with van der Waals surface area (Å²) in [4.78, 5) is 23.6. The van der Waals surface area contributed by atoms with E-state index in [1.165, 1.54) is 11.6 Å². The van der Waals surface area contributed by atoms with Crippen LogP contribution in [0.4, 0.5) is 5.69 Å². The zero-order valence-corrected chi connectivity index (χ0v) is 15.6. The van der Waals surface area contributed by atoms with E-state index in [0.717, 1.165) is 6.42 Å². The van der Waals surface area contributed by atoms with Gasteiger partial charge >= 0.3 is 5.97 Å². The lowest BCUT2D eigenvalue weighted by Gasteiger charge is -2.10. The fourth-order valence-electron chi connectivity index (χ4n) is 2.28. The maximum Gasteiger partial charge on any atom is 0.331 e. The molecule has 2 aromatic carbocycles. The Hall–Kier alpha value is -2.59. The maximum atomic E-state index is 11.9. The second-order valence-electron chi connectivity index (χ2n) is 5.94. The highest BCUT2D eigenvalue weighted by Gasteiger charge is 2.07. The van der Waals surface area contributed by atoms with Crippen molar-refractivity contribution in [3.63, 3.8) is 0 Å². The molecule has 1 atom stereocenters. The van der Waals surface area contributed by atoms with Crippen molar-refractivity contribution in [3.8, 4) is 0 Å². The van der Waals surface area contributed by atoms with E-state index >= 15 is 0 Å². The molecule has 0 heterocycles. The molecule has 136 valence electrons. The first kappa shape index (κ1) is 19.7. The minimum absolute atomic E-state index is 0.348. The molecule has 4 nitrogen and oxygen atoms in total. The van der Waals surface area contributed by atoms with Crippen LogP contribution in [0.3, 0.4) is 0 Å². The topological polar surface area (TPSA) is 55.4 Å². The summed E-state index contributed by atoms with van der Waals surface area (Å²) in [6.07, 6.45) is 3.86. The lowest BCUT2D eigenvalue weighted by atomic mass is 9.99. The summed E-state index contributed by atoms with van der Waals surface area (Å²) in [6, 6.07) is 14.8. The minimum Gasteiger partial charge on any atom is -0.452 e. The van der Waals surface area contributed by atoms with Gasteiger partial charge < -0.3 is 10.1 Å². The lowest BCUT2D eigenvalue weighted by Crippen LogP contribution is -2.20. The Bertz CT molecular complexity index is 784. The van der Waals surface area contributed by atoms with E-state index in [4.69, 9.17) is 16.3 Å². The van der Waals surface area contributed by atoms with Crippen LogP contribution in [0.25, 0.3) is 6.08 Å². The molecule has 0 saturated heterocycles. The first-order chi connectivity index (χ1) is 12.5. The van der Waals surface area contributed by atoms with Crippen molar-refractivity contribution in [1.29, 1.82) is 0 Å². The molecule has 2 rings (SSSR count). The van der Waals surface area contributed by atoms with Crippen molar-refractivity contribution in [2.75, 3.05) is 11.9 Å². The Morgan fingerprint density at radius 1 is 1.15 bits per heavy atom. The van der Waals surface area contributed by atoms with E-state index in [9.17, 15) is 9.59 Å². The third-order valence-corrected chi connectivity index (χ3v) is 4.37. The van der Waals surface area contributed by atoms with E-state index in [-0.39, 0.29) is 12.5 Å². The fraction of sp³-hybridized carbons (Fsp3) is 0.238. The van der Waals surface area contributed by atoms with Crippen molar-refractivity contribution in [2.45, 2.75) is 26.2 Å². The Balaban J connectivity index is 1.81. The van der Waals surface area contributed by atoms with Crippen molar-refractivity contribution in [2.24, 2.45) is 0 Å². The largest absolute Gasteiger partial charge is 0.452 e. The van der Waals surface area contributed by atoms with Gasteiger partial charge in [-0.15, -0.1) is 0 Å². The molecule has 1 N–H and O–H groups in total. The molecule has 0 unspecified atom stereocenters. The van der Waals surface area contributed by atoms with Gasteiger partial charge in [-0.2, -0.15) is 0 Å². The molecule has 26 heavy (non-hydrogen) atoms. The molecule has 5 heteroatoms. The number of hydrogen-bond acceptors (Lipinski definition) is 3. The van der Waals surface area contributed by atoms with Gasteiger partial charge in [0.1, 0.15) is 0 Å². The Morgan fingerprint density at radius 3 is 2.50 bits per heavy atom. The average molecular weight is 372 g/mol. The van der Waals surface area contributed by atoms with Crippen LogP contribution in [0.15, 0.2) is 54.6 Å². The van der Waals surface area contributed by atoms with Crippen LogP contribution in [0.1, 0.15) is 37.3 Å². The highest BCUT2D eigenvalue weighted by atomic mass is 35.5. The van der Waals surface area contributed by atoms with Gasteiger partial charge in [-0.25, -0.2) is 4.79 Å². The van der Waals surface area contributed by atoms with Crippen molar-refractivity contribution >= 4 is 35.2 Å². The number of amides is 1. The third kappa shape index (κ3) is 6.05. The monoisotopic (exact) mass is 371 g/mol. The average Bonchev–Trinajstić information content (AvgIpc) is 2.65. The van der Waals surface area contributed by atoms with Crippen LogP contribution < -0.4 is 5.32 Å². The highest BCUT2D eigenvalue weighted by molar-refractivity contribution is 6.32. The van der Waals surface area contributed by atoms with Crippen LogP contribution in [0.2, 0.25) is 5.02 Å². The van der Waals surface area contributed by atoms with Crippen molar-refractivity contribution < 1.29 is 14.3 Å². The zero-order valence-electron chi connectivity index (χ0n) is 14.9. The molecule has 0 aliphatic carbocycles. The molecule has 0 aliphatic rings. The van der Waals surface area contributed by atoms with Crippen LogP contribution in [0, 0.1) is 0 Å². The first-order valence-electron chi connectivity index (χ1n) is 8.48. The van der Waals surface area contributed by atoms with E-state index < -0.39 is 5.97 Å². The van der Waals surface area contributed by atoms with Crippen molar-refractivity contribution in [3.05, 3.63) is 70.8 Å². The minimum atomic E-state index is -0.604. The predicted molar refractivity (Wildman–Crippen MR) is 105 cm³/mol. The molecule has 0 saturated carbocycles. The summed E-state index contributed by atoms with van der Waals surface area (Å²) in [5.74, 6) is -0.515. The van der Waals surface area contributed by atoms with Crippen LogP contribution >= 0.6 is 11.6 Å². The fourth-order valence-corrected chi connectivity index (χ4v) is 2.48. The van der Waals surface area contributed by atoms with Gasteiger partial charge in [0.05, 0.1) is 0 Å². The maximum absolute atomic E-state index is 11.9. The smallest absolute Gasteiger partial charge is 0.331 e. The number of nitrogens with one attached hydrogen (secondary N) is 1. The third-order valence-electron chi connectivity index (χ3n) is 4.03. The molecular formula is C21H22ClNO3. The number of benzene rings is 2. The number of halogens is 1. The number of carbonyl (C=O) groups excluding carboxylic acids is 2. The quantitative estimate of drug-likeness (QED) is 0.547. The van der Waals surface area contributed by atoms with E-state index in [0.29, 0.717) is 22.2 Å². The Labute approximate surface area is 158 Å². The molecule has 0 bridgehead atoms. The van der Waals surface area contributed by atoms with Crippen LogP contribution in [-0.2, 0) is 14.3 Å². The Kier molecular flexibility index (Phi) is 7.42. The van der Waals surface area contributed by atoms with E-state index in [1.807, 2.05) is 30.3 Å². The standard InChI is InChI=1S/C21H22ClNO3/c1-3-15(2)16-8-11-18(12-9-16)23-20(24)14-26-21(25)13-10-17-6-4-5-7-19(17)22/h4-13,15H,3,14H2,1-2H3,(H,23,24)/b13-10+/t15-/m0/s1. The highest BCUT2D eigenvalue weighted by Crippen LogP contribution is 2.20. The number of esters is 1. The van der Waals surface area contributed by atoms with Gasteiger partial charge in [0.25, 0.3) is 5.91 Å². The summed E-state index contributed by atoms with van der Waals surface area (Å²) < 4.78 is 4.94. The summed E-state index contributed by atoms with van der Waals surface area (Å²) in [6.45, 7) is 3.94. The zero-order chi connectivity index (χ0) is 18.9. The molecule has 2 aromatic rings. The SMILES string of the molecule is CC[C@H](C)c1ccc(NC(=O)COC(=O)/C=C/c2ccccc2Cl)cc1. The summed E-state index contributed by atoms with van der Waals surface area (Å²) >= 11 is 6.00. The summed E-state index contributed by atoms with van der Waals surface area (Å²) in [5.41, 5.74) is 2.60. The number of ether oxygens (including phenoxy) is 1. The molecule has 1 amide bonds. The normalized spacial score (nSPS) is 12.0. The number of anilines is 1. The van der Waals surface area contributed by atoms with Crippen LogP contribution in [0.5, 0.6) is 0 Å². The van der Waals surface area contributed by atoms with Gasteiger partial charge in [-0.05, 0) is 47.7 Å². The van der Waals surface area contributed by atoms with E-state index in [2.05, 4.69) is 19.2 Å². The molecule has 0 radical (unpaired) electrons. The number of rotatable bonds is 7. The second kappa shape index (κ2) is 9.78. The lowest BCUT2D eigenvalue weighted by molar-refractivity contribution is -0.142. The summed E-state index contributed by atoms with van der Waals surface area (Å²) in [5, 5.41) is 3.24. The van der Waals surface area contributed by atoms with Gasteiger partial charge in [0.2, 0.25) is 0 Å². The number of carbonyl (C=O) groups is 2. The number of hydrogen-bond donors (Lipinski definition) is 1. The van der Waals surface area contributed by atoms with Gasteiger partial charge in [-0.1, -0.05) is 55.8 Å². The molecule has 0 spiro atoms. The molecule has 0 aromatic heterocycles. The second-order valence-corrected chi connectivity index (χ2v) is 6.35. The predicted octanol–water partition coefficient (Wildman–Crippen LogP) is 5.05. The molecule has 0 aliphatic heterocycles.